The molecule has 0 radical (unpaired) electrons. The van der Waals surface area contributed by atoms with Crippen molar-refractivity contribution in [2.75, 3.05) is 0 Å². The second-order valence-electron chi connectivity index (χ2n) is 3.28. The highest BCUT2D eigenvalue weighted by atomic mass is 16.6. The van der Waals surface area contributed by atoms with Gasteiger partial charge in [-0.05, 0) is 13.0 Å². The van der Waals surface area contributed by atoms with E-state index in [9.17, 15) is 14.4 Å². The Bertz CT molecular complexity index is 445. The molecule has 92 valence electrons. The van der Waals surface area contributed by atoms with E-state index in [4.69, 9.17) is 14.6 Å². The zero-order chi connectivity index (χ0) is 13.0. The first kappa shape index (κ1) is 12.8. The molecule has 0 aliphatic carbocycles. The molecule has 2 N–H and O–H groups in total. The summed E-state index contributed by atoms with van der Waals surface area (Å²) in [6.45, 7) is 1.60. The topological polar surface area (TPSA) is 114 Å². The van der Waals surface area contributed by atoms with Crippen LogP contribution in [0, 0.1) is 6.92 Å². The van der Waals surface area contributed by atoms with Crippen molar-refractivity contribution in [2.24, 2.45) is 0 Å². The first-order chi connectivity index (χ1) is 7.90. The average molecular weight is 242 g/mol. The van der Waals surface area contributed by atoms with Crippen LogP contribution in [-0.4, -0.2) is 34.2 Å². The van der Waals surface area contributed by atoms with Gasteiger partial charge in [-0.1, -0.05) is 0 Å². The fourth-order valence-electron chi connectivity index (χ4n) is 1.09. The number of hydrogen-bond acceptors (Lipinski definition) is 5. The summed E-state index contributed by atoms with van der Waals surface area (Å²) < 4.78 is 9.39. The molecule has 0 aromatic carbocycles. The van der Waals surface area contributed by atoms with Crippen molar-refractivity contribution in [3.63, 3.8) is 0 Å². The molecule has 0 aliphatic heterocycles. The number of hydrogen-bond donors (Lipinski definition) is 2. The maximum atomic E-state index is 11.4. The zero-order valence-corrected chi connectivity index (χ0v) is 8.87. The number of rotatable bonds is 5. The van der Waals surface area contributed by atoms with Gasteiger partial charge in [-0.15, -0.1) is 0 Å². The molecule has 1 atom stereocenters. The molecule has 0 amide bonds. The van der Waals surface area contributed by atoms with Crippen LogP contribution < -0.4 is 0 Å². The summed E-state index contributed by atoms with van der Waals surface area (Å²) in [6, 6.07) is 1.36. The average Bonchev–Trinajstić information content (AvgIpc) is 2.63. The highest BCUT2D eigenvalue weighted by Gasteiger charge is 2.26. The van der Waals surface area contributed by atoms with E-state index in [2.05, 4.69) is 4.74 Å². The lowest BCUT2D eigenvalue weighted by atomic mass is 10.2. The van der Waals surface area contributed by atoms with Crippen LogP contribution in [0.3, 0.4) is 0 Å². The predicted molar refractivity (Wildman–Crippen MR) is 52.5 cm³/mol. The summed E-state index contributed by atoms with van der Waals surface area (Å²) >= 11 is 0. The maximum absolute atomic E-state index is 11.4. The van der Waals surface area contributed by atoms with Crippen molar-refractivity contribution >= 4 is 17.9 Å². The second-order valence-corrected chi connectivity index (χ2v) is 3.28. The lowest BCUT2D eigenvalue weighted by molar-refractivity contribution is -0.153. The minimum atomic E-state index is -1.71. The van der Waals surface area contributed by atoms with Gasteiger partial charge in [0.15, 0.2) is 0 Å². The lowest BCUT2D eigenvalue weighted by Crippen LogP contribution is -2.29. The normalized spacial score (nSPS) is 11.8. The van der Waals surface area contributed by atoms with Crippen molar-refractivity contribution in [1.82, 2.24) is 0 Å². The summed E-state index contributed by atoms with van der Waals surface area (Å²) in [5.41, 5.74) is 0.0409. The van der Waals surface area contributed by atoms with Gasteiger partial charge in [-0.2, -0.15) is 0 Å². The fraction of sp³-hybridized carbons (Fsp3) is 0.300. The van der Waals surface area contributed by atoms with E-state index in [1.165, 1.54) is 6.07 Å². The molecule has 7 heteroatoms. The highest BCUT2D eigenvalue weighted by Crippen LogP contribution is 2.10. The fourth-order valence-corrected chi connectivity index (χ4v) is 1.09. The summed E-state index contributed by atoms with van der Waals surface area (Å²) in [5.74, 6) is -3.35. The molecule has 0 spiro atoms. The van der Waals surface area contributed by atoms with Crippen LogP contribution in [0.1, 0.15) is 22.5 Å². The molecule has 0 fully saturated rings. The molecule has 0 aliphatic rings. The van der Waals surface area contributed by atoms with E-state index in [-0.39, 0.29) is 5.56 Å². The van der Waals surface area contributed by atoms with Crippen LogP contribution in [0.4, 0.5) is 0 Å². The minimum Gasteiger partial charge on any atom is -0.481 e. The quantitative estimate of drug-likeness (QED) is 0.729. The van der Waals surface area contributed by atoms with E-state index in [1.807, 2.05) is 0 Å². The van der Waals surface area contributed by atoms with Crippen molar-refractivity contribution < 1.29 is 33.8 Å². The van der Waals surface area contributed by atoms with Gasteiger partial charge >= 0.3 is 17.9 Å². The Morgan fingerprint density at radius 1 is 1.41 bits per heavy atom. The smallest absolute Gasteiger partial charge is 0.345 e. The van der Waals surface area contributed by atoms with E-state index in [0.29, 0.717) is 5.76 Å². The Balaban J connectivity index is 2.70. The molecule has 0 bridgehead atoms. The van der Waals surface area contributed by atoms with E-state index < -0.39 is 30.4 Å². The van der Waals surface area contributed by atoms with Gasteiger partial charge < -0.3 is 19.4 Å². The zero-order valence-electron chi connectivity index (χ0n) is 8.87. The van der Waals surface area contributed by atoms with Gasteiger partial charge in [0, 0.05) is 0 Å². The van der Waals surface area contributed by atoms with Gasteiger partial charge in [-0.3, -0.25) is 4.79 Å². The molecule has 0 saturated heterocycles. The largest absolute Gasteiger partial charge is 0.481 e. The van der Waals surface area contributed by atoms with Gasteiger partial charge in [0.05, 0.1) is 12.0 Å². The molecule has 7 nitrogen and oxygen atoms in total. The Morgan fingerprint density at radius 2 is 2.06 bits per heavy atom. The Kier molecular flexibility index (Phi) is 3.86. The first-order valence-electron chi connectivity index (χ1n) is 4.61. The molecule has 0 unspecified atom stereocenters. The van der Waals surface area contributed by atoms with Crippen LogP contribution in [0.25, 0.3) is 0 Å². The van der Waals surface area contributed by atoms with E-state index in [1.54, 1.807) is 6.92 Å². The molecular weight excluding hydrogens is 232 g/mol. The molecule has 1 aromatic heterocycles. The summed E-state index contributed by atoms with van der Waals surface area (Å²) in [4.78, 5) is 32.4. The number of carbonyl (C=O) groups is 3. The van der Waals surface area contributed by atoms with Crippen molar-refractivity contribution in [1.29, 1.82) is 0 Å². The number of carbonyl (C=O) groups excluding carboxylic acids is 1. The third-order valence-corrected chi connectivity index (χ3v) is 1.85. The van der Waals surface area contributed by atoms with Crippen LogP contribution in [0.15, 0.2) is 16.7 Å². The van der Waals surface area contributed by atoms with Crippen molar-refractivity contribution in [3.8, 4) is 0 Å². The predicted octanol–water partition coefficient (Wildman–Crippen LogP) is 0.673. The number of furan rings is 1. The summed E-state index contributed by atoms with van der Waals surface area (Å²) in [5, 5.41) is 17.1. The first-order valence-corrected chi connectivity index (χ1v) is 4.61. The van der Waals surface area contributed by atoms with Gasteiger partial charge in [0.1, 0.15) is 12.0 Å². The van der Waals surface area contributed by atoms with Crippen LogP contribution in [0.5, 0.6) is 0 Å². The van der Waals surface area contributed by atoms with E-state index in [0.717, 1.165) is 6.26 Å². The van der Waals surface area contributed by atoms with Gasteiger partial charge in [0.2, 0.25) is 6.10 Å². The SMILES string of the molecule is Cc1cc(C(=O)O[C@@H](CC(=O)O)C(=O)O)co1. The number of carboxylic acid groups (broad SMARTS) is 2. The standard InChI is InChI=1S/C10H10O7/c1-5-2-6(4-16-5)10(15)17-7(9(13)14)3-8(11)12/h2,4,7H,3H2,1H3,(H,11,12)(H,13,14)/t7-/m0/s1. The minimum absolute atomic E-state index is 0.0409. The molecule has 1 rings (SSSR count). The van der Waals surface area contributed by atoms with Crippen molar-refractivity contribution in [3.05, 3.63) is 23.7 Å². The molecule has 17 heavy (non-hydrogen) atoms. The summed E-state index contributed by atoms with van der Waals surface area (Å²) in [6.07, 6.45) is -1.40. The maximum Gasteiger partial charge on any atom is 0.345 e. The molecular formula is C10H10O7. The second kappa shape index (κ2) is 5.15. The number of aliphatic carboxylic acids is 2. The van der Waals surface area contributed by atoms with E-state index >= 15 is 0 Å². The third kappa shape index (κ3) is 3.63. The number of ether oxygens (including phenoxy) is 1. The van der Waals surface area contributed by atoms with Crippen LogP contribution in [-0.2, 0) is 14.3 Å². The molecule has 0 saturated carbocycles. The third-order valence-electron chi connectivity index (χ3n) is 1.85. The van der Waals surface area contributed by atoms with Gasteiger partial charge in [0.25, 0.3) is 0 Å². The monoisotopic (exact) mass is 242 g/mol. The Morgan fingerprint density at radius 3 is 2.47 bits per heavy atom. The van der Waals surface area contributed by atoms with Crippen LogP contribution in [0.2, 0.25) is 0 Å². The van der Waals surface area contributed by atoms with Crippen LogP contribution >= 0.6 is 0 Å². The highest BCUT2D eigenvalue weighted by molar-refractivity contribution is 5.91. The Hall–Kier alpha value is -2.31. The Labute approximate surface area is 95.6 Å². The van der Waals surface area contributed by atoms with Crippen molar-refractivity contribution in [2.45, 2.75) is 19.4 Å². The number of esters is 1. The number of aryl methyl sites for hydroxylation is 1. The molecule has 1 heterocycles. The lowest BCUT2D eigenvalue weighted by Gasteiger charge is -2.10. The molecule has 1 aromatic rings. The number of carboxylic acids is 2. The van der Waals surface area contributed by atoms with Gasteiger partial charge in [-0.25, -0.2) is 9.59 Å². The summed E-state index contributed by atoms with van der Waals surface area (Å²) in [7, 11) is 0.